The summed E-state index contributed by atoms with van der Waals surface area (Å²) in [6.07, 6.45) is 0. The molecule has 7 nitrogen and oxygen atoms in total. The number of Topliss-reactive ketones (excluding diaryl/α,β-unsaturated/α-hetero) is 1. The second-order valence-corrected chi connectivity index (χ2v) is 5.54. The molecule has 2 rings (SSSR count). The van der Waals surface area contributed by atoms with E-state index in [1.54, 1.807) is 18.2 Å². The Kier molecular flexibility index (Phi) is 4.82. The number of carbonyl (C=O) groups excluding carboxylic acids is 1. The van der Waals surface area contributed by atoms with Crippen molar-refractivity contribution >= 4 is 34.8 Å². The zero-order valence-electron chi connectivity index (χ0n) is 12.3. The van der Waals surface area contributed by atoms with E-state index in [9.17, 15) is 14.4 Å². The maximum absolute atomic E-state index is 12.3. The number of carbonyl (C=O) groups is 1. The number of hydrogen-bond acceptors (Lipinski definition) is 5. The molecule has 0 aliphatic rings. The third-order valence-corrected chi connectivity index (χ3v) is 3.85. The molecule has 0 amide bonds. The van der Waals surface area contributed by atoms with Crippen molar-refractivity contribution in [1.29, 1.82) is 0 Å². The number of nitrogens with two attached hydrogens (primary N) is 1. The summed E-state index contributed by atoms with van der Waals surface area (Å²) in [6.45, 7) is -0.499. The first kappa shape index (κ1) is 17.1. The van der Waals surface area contributed by atoms with Crippen LogP contribution in [-0.4, -0.2) is 21.5 Å². The zero-order chi connectivity index (χ0) is 17.3. The third-order valence-electron chi connectivity index (χ3n) is 3.26. The standard InChI is InChI=1S/C14H13Cl2N3O4/c1-18-12(17)10(13(21)19(2)14(18)22)9(20)6-23-11-7(15)4-3-5-8(11)16/h3-5H,6,17H2,1-2H3. The molecule has 0 bridgehead atoms. The highest BCUT2D eigenvalue weighted by atomic mass is 35.5. The second-order valence-electron chi connectivity index (χ2n) is 4.73. The van der Waals surface area contributed by atoms with Gasteiger partial charge in [-0.05, 0) is 12.1 Å². The number of ether oxygens (including phenoxy) is 1. The maximum atomic E-state index is 12.3. The SMILES string of the molecule is Cn1c(N)c(C(=O)COc2c(Cl)cccc2Cl)c(=O)n(C)c1=O. The minimum absolute atomic E-state index is 0.129. The minimum atomic E-state index is -0.788. The molecule has 0 unspecified atom stereocenters. The molecule has 0 radical (unpaired) electrons. The summed E-state index contributed by atoms with van der Waals surface area (Å²) in [7, 11) is 2.62. The van der Waals surface area contributed by atoms with Gasteiger partial charge in [-0.1, -0.05) is 29.3 Å². The third kappa shape index (κ3) is 3.11. The number of ketones is 1. The van der Waals surface area contributed by atoms with Crippen molar-refractivity contribution in [1.82, 2.24) is 9.13 Å². The van der Waals surface area contributed by atoms with E-state index >= 15 is 0 Å². The average molecular weight is 358 g/mol. The zero-order valence-corrected chi connectivity index (χ0v) is 13.8. The summed E-state index contributed by atoms with van der Waals surface area (Å²) in [6, 6.07) is 4.72. The van der Waals surface area contributed by atoms with Crippen molar-refractivity contribution in [3.8, 4) is 5.75 Å². The smallest absolute Gasteiger partial charge is 0.332 e. The molecule has 23 heavy (non-hydrogen) atoms. The van der Waals surface area contributed by atoms with Crippen LogP contribution < -0.4 is 21.7 Å². The Balaban J connectivity index is 2.36. The Morgan fingerprint density at radius 2 is 1.74 bits per heavy atom. The lowest BCUT2D eigenvalue weighted by molar-refractivity contribution is 0.0919. The topological polar surface area (TPSA) is 96.3 Å². The van der Waals surface area contributed by atoms with Crippen LogP contribution in [0.4, 0.5) is 5.82 Å². The van der Waals surface area contributed by atoms with Crippen LogP contribution in [0.1, 0.15) is 10.4 Å². The predicted molar refractivity (Wildman–Crippen MR) is 87.6 cm³/mol. The fourth-order valence-corrected chi connectivity index (χ4v) is 2.46. The van der Waals surface area contributed by atoms with E-state index in [1.807, 2.05) is 0 Å². The van der Waals surface area contributed by atoms with Crippen molar-refractivity contribution in [2.75, 3.05) is 12.3 Å². The van der Waals surface area contributed by atoms with Crippen LogP contribution in [0.3, 0.4) is 0 Å². The van der Waals surface area contributed by atoms with E-state index in [4.69, 9.17) is 33.7 Å². The van der Waals surface area contributed by atoms with Crippen LogP contribution in [0.2, 0.25) is 10.0 Å². The number of halogens is 2. The number of hydrogen-bond donors (Lipinski definition) is 1. The first-order chi connectivity index (χ1) is 10.8. The molecule has 0 atom stereocenters. The summed E-state index contributed by atoms with van der Waals surface area (Å²) >= 11 is 11.9. The van der Waals surface area contributed by atoms with Crippen molar-refractivity contribution in [3.05, 3.63) is 54.6 Å². The molecular formula is C14H13Cl2N3O4. The number of aromatic nitrogens is 2. The van der Waals surface area contributed by atoms with Gasteiger partial charge in [0.05, 0.1) is 10.0 Å². The Bertz CT molecular complexity index is 882. The number of nitrogen functional groups attached to an aromatic ring is 1. The Labute approximate surface area is 140 Å². The molecule has 1 aromatic heterocycles. The molecule has 0 aliphatic carbocycles. The molecule has 1 aromatic carbocycles. The largest absolute Gasteiger partial charge is 0.482 e. The predicted octanol–water partition coefficient (Wildman–Crippen LogP) is 1.23. The van der Waals surface area contributed by atoms with Crippen LogP contribution in [0.5, 0.6) is 5.75 Å². The summed E-state index contributed by atoms with van der Waals surface area (Å²) in [5.41, 5.74) is 3.97. The van der Waals surface area contributed by atoms with E-state index in [0.717, 1.165) is 9.13 Å². The van der Waals surface area contributed by atoms with E-state index in [2.05, 4.69) is 0 Å². The van der Waals surface area contributed by atoms with Crippen molar-refractivity contribution in [2.45, 2.75) is 0 Å². The summed E-state index contributed by atoms with van der Waals surface area (Å²) in [5, 5.41) is 0.457. The Morgan fingerprint density at radius 1 is 1.17 bits per heavy atom. The van der Waals surface area contributed by atoms with Crippen LogP contribution in [0.15, 0.2) is 27.8 Å². The fourth-order valence-electron chi connectivity index (χ4n) is 1.95. The van der Waals surface area contributed by atoms with Gasteiger partial charge < -0.3 is 10.5 Å². The molecule has 0 saturated heterocycles. The second kappa shape index (κ2) is 6.47. The van der Waals surface area contributed by atoms with Crippen molar-refractivity contribution < 1.29 is 9.53 Å². The van der Waals surface area contributed by atoms with Crippen LogP contribution in [0, 0.1) is 0 Å². The van der Waals surface area contributed by atoms with Gasteiger partial charge in [-0.2, -0.15) is 0 Å². The van der Waals surface area contributed by atoms with E-state index < -0.39 is 23.6 Å². The molecule has 2 aromatic rings. The number of rotatable bonds is 4. The monoisotopic (exact) mass is 357 g/mol. The van der Waals surface area contributed by atoms with Crippen molar-refractivity contribution in [3.63, 3.8) is 0 Å². The lowest BCUT2D eigenvalue weighted by Gasteiger charge is -2.12. The molecule has 1 heterocycles. The molecule has 2 N–H and O–H groups in total. The lowest BCUT2D eigenvalue weighted by atomic mass is 10.2. The molecule has 0 aliphatic heterocycles. The highest BCUT2D eigenvalue weighted by molar-refractivity contribution is 6.37. The average Bonchev–Trinajstić information content (AvgIpc) is 2.50. The summed E-state index contributed by atoms with van der Waals surface area (Å²) < 4.78 is 7.11. The quantitative estimate of drug-likeness (QED) is 0.830. The Hall–Kier alpha value is -2.25. The van der Waals surface area contributed by atoms with Gasteiger partial charge in [0.15, 0.2) is 12.4 Å². The molecule has 0 fully saturated rings. The maximum Gasteiger partial charge on any atom is 0.332 e. The normalized spacial score (nSPS) is 10.6. The summed E-state index contributed by atoms with van der Waals surface area (Å²) in [5.74, 6) is -0.781. The van der Waals surface area contributed by atoms with E-state index in [1.165, 1.54) is 14.1 Å². The van der Waals surface area contributed by atoms with Gasteiger partial charge in [0, 0.05) is 14.1 Å². The van der Waals surface area contributed by atoms with Gasteiger partial charge >= 0.3 is 5.69 Å². The van der Waals surface area contributed by atoms with Gasteiger partial charge in [0.2, 0.25) is 5.78 Å². The molecule has 122 valence electrons. The molecular weight excluding hydrogens is 345 g/mol. The fraction of sp³-hybridized carbons (Fsp3) is 0.214. The minimum Gasteiger partial charge on any atom is -0.482 e. The van der Waals surface area contributed by atoms with Crippen LogP contribution >= 0.6 is 23.2 Å². The molecule has 0 saturated carbocycles. The van der Waals surface area contributed by atoms with Gasteiger partial charge in [-0.25, -0.2) is 4.79 Å². The Morgan fingerprint density at radius 3 is 2.30 bits per heavy atom. The first-order valence-electron chi connectivity index (χ1n) is 6.41. The van der Waals surface area contributed by atoms with Crippen LogP contribution in [0.25, 0.3) is 0 Å². The highest BCUT2D eigenvalue weighted by Gasteiger charge is 2.21. The molecule has 0 spiro atoms. The van der Waals surface area contributed by atoms with Crippen LogP contribution in [-0.2, 0) is 14.1 Å². The van der Waals surface area contributed by atoms with Gasteiger partial charge in [0.25, 0.3) is 5.56 Å². The number of benzene rings is 1. The summed E-state index contributed by atoms with van der Waals surface area (Å²) in [4.78, 5) is 36.1. The van der Waals surface area contributed by atoms with Crippen molar-refractivity contribution in [2.24, 2.45) is 14.1 Å². The number of anilines is 1. The molecule has 9 heteroatoms. The van der Waals surface area contributed by atoms with E-state index in [-0.39, 0.29) is 27.2 Å². The van der Waals surface area contributed by atoms with Gasteiger partial charge in [-0.15, -0.1) is 0 Å². The number of nitrogens with zero attached hydrogens (tertiary/aromatic N) is 2. The number of para-hydroxylation sites is 1. The first-order valence-corrected chi connectivity index (χ1v) is 7.16. The lowest BCUT2D eigenvalue weighted by Crippen LogP contribution is -2.42. The van der Waals surface area contributed by atoms with Gasteiger partial charge in [0.1, 0.15) is 11.4 Å². The van der Waals surface area contributed by atoms with Gasteiger partial charge in [-0.3, -0.25) is 18.7 Å². The van der Waals surface area contributed by atoms with E-state index in [0.29, 0.717) is 0 Å². The highest BCUT2D eigenvalue weighted by Crippen LogP contribution is 2.32.